The monoisotopic (exact) mass is 388 g/mol. The molecule has 0 radical (unpaired) electrons. The number of amides is 1. The van der Waals surface area contributed by atoms with Crippen LogP contribution in [-0.4, -0.2) is 33.7 Å². The molecule has 1 amide bonds. The van der Waals surface area contributed by atoms with E-state index in [1.165, 1.54) is 26.2 Å². The number of nitrogens with zero attached hydrogens (tertiary/aromatic N) is 1. The van der Waals surface area contributed by atoms with Gasteiger partial charge < -0.3 is 14.6 Å². The van der Waals surface area contributed by atoms with Gasteiger partial charge in [-0.05, 0) is 76.3 Å². The second kappa shape index (κ2) is 6.54. The molecule has 0 saturated carbocycles. The lowest BCUT2D eigenvalue weighted by molar-refractivity contribution is 0.00595. The summed E-state index contributed by atoms with van der Waals surface area (Å²) in [6, 6.07) is 0.654. The molecule has 4 nitrogen and oxygen atoms in total. The average molecular weight is 389 g/mol. The van der Waals surface area contributed by atoms with Crippen LogP contribution in [0.3, 0.4) is 0 Å². The molecule has 2 aromatic rings. The van der Waals surface area contributed by atoms with Crippen LogP contribution in [0.4, 0.5) is 4.79 Å². The van der Waals surface area contributed by atoms with Gasteiger partial charge in [-0.25, -0.2) is 4.79 Å². The van der Waals surface area contributed by atoms with E-state index in [0.29, 0.717) is 23.9 Å². The highest BCUT2D eigenvalue weighted by Crippen LogP contribution is 2.48. The van der Waals surface area contributed by atoms with Crippen molar-refractivity contribution in [2.24, 2.45) is 0 Å². The van der Waals surface area contributed by atoms with Gasteiger partial charge in [-0.1, -0.05) is 13.8 Å². The topological polar surface area (TPSA) is 45.3 Å². The number of hydrogen-bond donors (Lipinski definition) is 1. The van der Waals surface area contributed by atoms with Gasteiger partial charge >= 0.3 is 6.09 Å². The SMILES string of the molecule is Cc1c([C@@H]2C[C@H]3CC[C@@H](C2)N3C(=O)OC(C)(C)C)sc2[nH]cc(C(C)C)c12. The molecule has 0 aliphatic carbocycles. The highest BCUT2D eigenvalue weighted by Gasteiger charge is 2.45. The number of ether oxygens (including phenoxy) is 1. The van der Waals surface area contributed by atoms with Gasteiger partial charge in [0.1, 0.15) is 10.4 Å². The Hall–Kier alpha value is -1.49. The number of H-pyrrole nitrogens is 1. The van der Waals surface area contributed by atoms with Crippen LogP contribution in [0.5, 0.6) is 0 Å². The molecular formula is C22H32N2O2S. The first-order valence-electron chi connectivity index (χ1n) is 10.3. The lowest BCUT2D eigenvalue weighted by Gasteiger charge is -2.39. The predicted octanol–water partition coefficient (Wildman–Crippen LogP) is 6.31. The maximum atomic E-state index is 12.7. The Morgan fingerprint density at radius 2 is 1.89 bits per heavy atom. The van der Waals surface area contributed by atoms with Crippen LogP contribution in [-0.2, 0) is 4.74 Å². The molecule has 3 atom stereocenters. The summed E-state index contributed by atoms with van der Waals surface area (Å²) in [5.74, 6) is 1.09. The third kappa shape index (κ3) is 3.28. The van der Waals surface area contributed by atoms with Gasteiger partial charge in [0.15, 0.2) is 0 Å². The van der Waals surface area contributed by atoms with Crippen molar-refractivity contribution in [1.82, 2.24) is 9.88 Å². The number of piperidine rings is 1. The summed E-state index contributed by atoms with van der Waals surface area (Å²) in [6.07, 6.45) is 6.41. The van der Waals surface area contributed by atoms with E-state index in [1.807, 2.05) is 32.1 Å². The van der Waals surface area contributed by atoms with Gasteiger partial charge in [0.05, 0.1) is 0 Å². The zero-order valence-corrected chi connectivity index (χ0v) is 18.2. The van der Waals surface area contributed by atoms with Gasteiger partial charge in [-0.2, -0.15) is 0 Å². The second-order valence-electron chi connectivity index (χ2n) is 9.64. The molecule has 148 valence electrons. The molecule has 0 unspecified atom stereocenters. The van der Waals surface area contributed by atoms with E-state index >= 15 is 0 Å². The first-order valence-corrected chi connectivity index (χ1v) is 11.1. The fraction of sp³-hybridized carbons (Fsp3) is 0.682. The molecule has 2 aromatic heterocycles. The molecule has 5 heteroatoms. The van der Waals surface area contributed by atoms with Gasteiger partial charge in [0, 0.05) is 28.5 Å². The Morgan fingerprint density at radius 1 is 1.26 bits per heavy atom. The Balaban J connectivity index is 1.58. The molecule has 4 rings (SSSR count). The Labute approximate surface area is 166 Å². The minimum atomic E-state index is -0.427. The summed E-state index contributed by atoms with van der Waals surface area (Å²) < 4.78 is 5.68. The third-order valence-electron chi connectivity index (χ3n) is 6.16. The van der Waals surface area contributed by atoms with Crippen LogP contribution in [0.25, 0.3) is 10.2 Å². The van der Waals surface area contributed by atoms with E-state index in [9.17, 15) is 4.79 Å². The molecule has 27 heavy (non-hydrogen) atoms. The minimum Gasteiger partial charge on any atom is -0.444 e. The van der Waals surface area contributed by atoms with Crippen LogP contribution >= 0.6 is 11.3 Å². The average Bonchev–Trinajstić information content (AvgIpc) is 3.18. The Morgan fingerprint density at radius 3 is 2.44 bits per heavy atom. The van der Waals surface area contributed by atoms with Crippen molar-refractivity contribution in [3.8, 4) is 0 Å². The third-order valence-corrected chi connectivity index (χ3v) is 7.55. The Kier molecular flexibility index (Phi) is 4.57. The van der Waals surface area contributed by atoms with Crippen LogP contribution in [0.2, 0.25) is 0 Å². The maximum Gasteiger partial charge on any atom is 0.410 e. The maximum absolute atomic E-state index is 12.7. The quantitative estimate of drug-likeness (QED) is 0.655. The standard InChI is InChI=1S/C22H32N2O2S/c1-12(2)17-11-23-20-18(17)13(3)19(27-20)14-9-15-7-8-16(10-14)24(15)21(25)26-22(4,5)6/h11-12,14-16,23H,7-10H2,1-6H3/t14-,15-,16+. The van der Waals surface area contributed by atoms with E-state index in [-0.39, 0.29) is 6.09 Å². The van der Waals surface area contributed by atoms with Crippen molar-refractivity contribution in [3.63, 3.8) is 0 Å². The smallest absolute Gasteiger partial charge is 0.410 e. The highest BCUT2D eigenvalue weighted by atomic mass is 32.1. The van der Waals surface area contributed by atoms with Crippen molar-refractivity contribution >= 4 is 27.6 Å². The van der Waals surface area contributed by atoms with Crippen LogP contribution in [0.15, 0.2) is 6.20 Å². The molecule has 0 aromatic carbocycles. The summed E-state index contributed by atoms with van der Waals surface area (Å²) in [7, 11) is 0. The van der Waals surface area contributed by atoms with E-state index in [1.54, 1.807) is 0 Å². The number of hydrogen-bond acceptors (Lipinski definition) is 3. The zero-order valence-electron chi connectivity index (χ0n) is 17.4. The summed E-state index contributed by atoms with van der Waals surface area (Å²) >= 11 is 1.93. The first kappa shape index (κ1) is 18.9. The molecule has 2 fully saturated rings. The van der Waals surface area contributed by atoms with Crippen LogP contribution in [0.1, 0.15) is 88.1 Å². The summed E-state index contributed by atoms with van der Waals surface area (Å²) in [4.78, 5) is 21.1. The molecule has 2 aliphatic rings. The van der Waals surface area contributed by atoms with Gasteiger partial charge in [-0.15, -0.1) is 11.3 Å². The van der Waals surface area contributed by atoms with E-state index in [2.05, 4.69) is 36.9 Å². The Bertz CT molecular complexity index is 844. The number of nitrogens with one attached hydrogen (secondary N) is 1. The number of thiophene rings is 1. The molecule has 2 saturated heterocycles. The van der Waals surface area contributed by atoms with E-state index in [4.69, 9.17) is 4.74 Å². The van der Waals surface area contributed by atoms with E-state index < -0.39 is 5.60 Å². The van der Waals surface area contributed by atoms with Crippen molar-refractivity contribution in [2.45, 2.75) is 96.7 Å². The number of rotatable bonds is 2. The van der Waals surface area contributed by atoms with Crippen molar-refractivity contribution in [2.75, 3.05) is 0 Å². The van der Waals surface area contributed by atoms with Crippen molar-refractivity contribution < 1.29 is 9.53 Å². The zero-order chi connectivity index (χ0) is 19.5. The summed E-state index contributed by atoms with van der Waals surface area (Å²) in [5.41, 5.74) is 2.46. The number of aromatic amines is 1. The lowest BCUT2D eigenvalue weighted by Crippen LogP contribution is -2.48. The molecule has 2 aliphatic heterocycles. The summed E-state index contributed by atoms with van der Waals surface area (Å²) in [5, 5.41) is 1.44. The predicted molar refractivity (Wildman–Crippen MR) is 112 cm³/mol. The van der Waals surface area contributed by atoms with Gasteiger partial charge in [0.2, 0.25) is 0 Å². The molecule has 1 N–H and O–H groups in total. The second-order valence-corrected chi connectivity index (χ2v) is 10.7. The number of fused-ring (bicyclic) bond motifs is 3. The first-order chi connectivity index (χ1) is 12.7. The van der Waals surface area contributed by atoms with Crippen LogP contribution < -0.4 is 0 Å². The number of carbonyl (C=O) groups excluding carboxylic acids is 1. The normalized spacial score (nSPS) is 25.6. The molecule has 4 heterocycles. The largest absolute Gasteiger partial charge is 0.444 e. The lowest BCUT2D eigenvalue weighted by atomic mass is 9.87. The van der Waals surface area contributed by atoms with Gasteiger partial charge in [0.25, 0.3) is 0 Å². The van der Waals surface area contributed by atoms with Crippen LogP contribution in [0, 0.1) is 6.92 Å². The number of carbonyl (C=O) groups is 1. The molecule has 2 bridgehead atoms. The number of aryl methyl sites for hydroxylation is 1. The van der Waals surface area contributed by atoms with E-state index in [0.717, 1.165) is 25.7 Å². The fourth-order valence-electron chi connectivity index (χ4n) is 5.04. The number of aromatic nitrogens is 1. The van der Waals surface area contributed by atoms with Crippen molar-refractivity contribution in [3.05, 3.63) is 22.2 Å². The fourth-order valence-corrected chi connectivity index (χ4v) is 6.37. The minimum absolute atomic E-state index is 0.120. The molecule has 0 spiro atoms. The molecular weight excluding hydrogens is 356 g/mol. The van der Waals surface area contributed by atoms with Crippen molar-refractivity contribution in [1.29, 1.82) is 0 Å². The van der Waals surface area contributed by atoms with Gasteiger partial charge in [-0.3, -0.25) is 0 Å². The summed E-state index contributed by atoms with van der Waals surface area (Å²) in [6.45, 7) is 12.7. The highest BCUT2D eigenvalue weighted by molar-refractivity contribution is 7.19.